The van der Waals surface area contributed by atoms with Crippen LogP contribution in [-0.4, -0.2) is 19.0 Å². The highest BCUT2D eigenvalue weighted by Crippen LogP contribution is 2.40. The Bertz CT molecular complexity index is 499. The van der Waals surface area contributed by atoms with Gasteiger partial charge in [-0.3, -0.25) is 9.59 Å². The molecule has 1 saturated heterocycles. The van der Waals surface area contributed by atoms with Gasteiger partial charge in [0.25, 0.3) is 6.29 Å². The fourth-order valence-electron chi connectivity index (χ4n) is 2.34. The maximum atomic E-state index is 12.2. The van der Waals surface area contributed by atoms with Crippen molar-refractivity contribution in [2.75, 3.05) is 7.11 Å². The zero-order chi connectivity index (χ0) is 14.8. The number of hydrogen-bond donors (Lipinski definition) is 0. The summed E-state index contributed by atoms with van der Waals surface area (Å²) in [5.41, 5.74) is -0.657. The van der Waals surface area contributed by atoms with Gasteiger partial charge in [-0.1, -0.05) is 26.0 Å². The van der Waals surface area contributed by atoms with E-state index in [1.165, 1.54) is 7.11 Å². The van der Waals surface area contributed by atoms with Crippen LogP contribution in [0.3, 0.4) is 0 Å². The van der Waals surface area contributed by atoms with Crippen molar-refractivity contribution in [1.29, 1.82) is 0 Å². The molecule has 108 valence electrons. The minimum atomic E-state index is -1.18. The lowest BCUT2D eigenvalue weighted by Crippen LogP contribution is -2.46. The number of rotatable bonds is 4. The molecule has 0 amide bonds. The van der Waals surface area contributed by atoms with Gasteiger partial charge in [-0.25, -0.2) is 0 Å². The van der Waals surface area contributed by atoms with Gasteiger partial charge >= 0.3 is 11.9 Å². The zero-order valence-electron chi connectivity index (χ0n) is 11.8. The summed E-state index contributed by atoms with van der Waals surface area (Å²) in [4.78, 5) is 24.4. The Morgan fingerprint density at radius 3 is 2.15 bits per heavy atom. The van der Waals surface area contributed by atoms with Crippen molar-refractivity contribution in [3.63, 3.8) is 0 Å². The molecule has 1 fully saturated rings. The summed E-state index contributed by atoms with van der Waals surface area (Å²) in [6, 6.07) is 6.98. The molecule has 0 saturated carbocycles. The molecule has 1 aromatic carbocycles. The van der Waals surface area contributed by atoms with E-state index in [0.717, 1.165) is 0 Å². The minimum Gasteiger partial charge on any atom is -0.496 e. The molecule has 5 nitrogen and oxygen atoms in total. The third kappa shape index (κ3) is 2.13. The summed E-state index contributed by atoms with van der Waals surface area (Å²) in [7, 11) is 1.51. The molecular weight excluding hydrogens is 260 g/mol. The van der Waals surface area contributed by atoms with Gasteiger partial charge in [0.1, 0.15) is 5.75 Å². The molecule has 0 N–H and O–H groups in total. The fourth-order valence-corrected chi connectivity index (χ4v) is 2.34. The lowest BCUT2D eigenvalue weighted by Gasteiger charge is -2.35. The lowest BCUT2D eigenvalue weighted by atomic mass is 9.82. The second-order valence-corrected chi connectivity index (χ2v) is 4.67. The van der Waals surface area contributed by atoms with E-state index in [1.54, 1.807) is 38.1 Å². The molecule has 1 aromatic rings. The van der Waals surface area contributed by atoms with Crippen LogP contribution in [0.25, 0.3) is 0 Å². The largest absolute Gasteiger partial charge is 0.496 e. The quantitative estimate of drug-likeness (QED) is 0.625. The Hall–Kier alpha value is -2.04. The summed E-state index contributed by atoms with van der Waals surface area (Å²) < 4.78 is 15.8. The second kappa shape index (κ2) is 5.53. The summed E-state index contributed by atoms with van der Waals surface area (Å²) in [6.45, 7) is 3.55. The lowest BCUT2D eigenvalue weighted by molar-refractivity contribution is -0.226. The highest BCUT2D eigenvalue weighted by Gasteiger charge is 2.52. The molecule has 2 rings (SSSR count). The van der Waals surface area contributed by atoms with Gasteiger partial charge < -0.3 is 14.2 Å². The van der Waals surface area contributed by atoms with Crippen LogP contribution in [0.15, 0.2) is 24.3 Å². The summed E-state index contributed by atoms with van der Waals surface area (Å²) in [5.74, 6) is -0.553. The number of esters is 2. The smallest absolute Gasteiger partial charge is 0.326 e. The van der Waals surface area contributed by atoms with Crippen LogP contribution in [0.1, 0.15) is 38.5 Å². The third-order valence-electron chi connectivity index (χ3n) is 3.81. The Balaban J connectivity index is 2.32. The van der Waals surface area contributed by atoms with Crippen LogP contribution in [0.2, 0.25) is 0 Å². The first-order chi connectivity index (χ1) is 9.58. The van der Waals surface area contributed by atoms with Crippen molar-refractivity contribution in [1.82, 2.24) is 0 Å². The van der Waals surface area contributed by atoms with E-state index < -0.39 is 23.6 Å². The number of methoxy groups -OCH3 is 1. The van der Waals surface area contributed by atoms with Crippen molar-refractivity contribution in [2.24, 2.45) is 5.41 Å². The minimum absolute atomic E-state index is 0.361. The van der Waals surface area contributed by atoms with Crippen LogP contribution >= 0.6 is 0 Å². The second-order valence-electron chi connectivity index (χ2n) is 4.67. The molecular formula is C15H18O5. The monoisotopic (exact) mass is 278 g/mol. The number of para-hydroxylation sites is 1. The zero-order valence-corrected chi connectivity index (χ0v) is 11.8. The average Bonchev–Trinajstić information content (AvgIpc) is 2.47. The van der Waals surface area contributed by atoms with E-state index in [4.69, 9.17) is 14.2 Å². The van der Waals surface area contributed by atoms with Gasteiger partial charge in [-0.15, -0.1) is 0 Å². The number of carbonyl (C=O) groups excluding carboxylic acids is 2. The van der Waals surface area contributed by atoms with Crippen molar-refractivity contribution < 1.29 is 23.8 Å². The van der Waals surface area contributed by atoms with Crippen LogP contribution < -0.4 is 4.74 Å². The highest BCUT2D eigenvalue weighted by atomic mass is 16.7. The molecule has 1 aliphatic rings. The molecule has 5 heteroatoms. The van der Waals surface area contributed by atoms with Crippen molar-refractivity contribution in [2.45, 2.75) is 33.0 Å². The van der Waals surface area contributed by atoms with Crippen molar-refractivity contribution >= 4 is 11.9 Å². The molecule has 20 heavy (non-hydrogen) atoms. The van der Waals surface area contributed by atoms with E-state index in [1.807, 2.05) is 0 Å². The highest BCUT2D eigenvalue weighted by molar-refractivity contribution is 6.01. The van der Waals surface area contributed by atoms with Gasteiger partial charge in [0, 0.05) is 0 Å². The van der Waals surface area contributed by atoms with Gasteiger partial charge in [0.15, 0.2) is 5.41 Å². The van der Waals surface area contributed by atoms with Crippen molar-refractivity contribution in [3.8, 4) is 5.75 Å². The number of ether oxygens (including phenoxy) is 3. The molecule has 0 bridgehead atoms. The summed E-state index contributed by atoms with van der Waals surface area (Å²) in [5, 5.41) is 0. The van der Waals surface area contributed by atoms with Gasteiger partial charge in [0.05, 0.1) is 12.7 Å². The first-order valence-corrected chi connectivity index (χ1v) is 6.64. The summed E-state index contributed by atoms with van der Waals surface area (Å²) in [6.07, 6.45) is -0.322. The molecule has 0 unspecified atom stereocenters. The average molecular weight is 278 g/mol. The predicted molar refractivity (Wildman–Crippen MR) is 70.9 cm³/mol. The molecule has 0 spiro atoms. The molecule has 0 aliphatic carbocycles. The van der Waals surface area contributed by atoms with Crippen LogP contribution in [-0.2, 0) is 19.1 Å². The predicted octanol–water partition coefficient (Wildman–Crippen LogP) is 2.60. The number of cyclic esters (lactones) is 2. The Labute approximate surface area is 117 Å². The van der Waals surface area contributed by atoms with Crippen LogP contribution in [0, 0.1) is 5.41 Å². The molecule has 0 radical (unpaired) electrons. The number of benzene rings is 1. The Kier molecular flexibility index (Phi) is 3.97. The van der Waals surface area contributed by atoms with Crippen molar-refractivity contribution in [3.05, 3.63) is 29.8 Å². The maximum Gasteiger partial charge on any atom is 0.326 e. The van der Waals surface area contributed by atoms with Crippen LogP contribution in [0.5, 0.6) is 5.75 Å². The number of carbonyl (C=O) groups is 2. The molecule has 0 aromatic heterocycles. The first-order valence-electron chi connectivity index (χ1n) is 6.64. The topological polar surface area (TPSA) is 61.8 Å². The first kappa shape index (κ1) is 14.4. The van der Waals surface area contributed by atoms with Gasteiger partial charge in [-0.2, -0.15) is 0 Å². The number of hydrogen-bond acceptors (Lipinski definition) is 5. The van der Waals surface area contributed by atoms with Crippen LogP contribution in [0.4, 0.5) is 0 Å². The van der Waals surface area contributed by atoms with E-state index in [2.05, 4.69) is 0 Å². The SMILES string of the molecule is CCC1(CC)C(=O)OC(c2ccccc2OC)OC1=O. The Morgan fingerprint density at radius 1 is 1.10 bits per heavy atom. The van der Waals surface area contributed by atoms with E-state index >= 15 is 0 Å². The fraction of sp³-hybridized carbons (Fsp3) is 0.467. The third-order valence-corrected chi connectivity index (χ3v) is 3.81. The molecule has 0 atom stereocenters. The normalized spacial score (nSPS) is 18.4. The van der Waals surface area contributed by atoms with E-state index in [0.29, 0.717) is 24.2 Å². The summed E-state index contributed by atoms with van der Waals surface area (Å²) >= 11 is 0. The van der Waals surface area contributed by atoms with E-state index in [-0.39, 0.29) is 0 Å². The van der Waals surface area contributed by atoms with E-state index in [9.17, 15) is 9.59 Å². The standard InChI is InChI=1S/C15H18O5/c1-4-15(5-2)13(16)19-12(20-14(15)17)10-8-6-7-9-11(10)18-3/h6-9,12H,4-5H2,1-3H3. The Morgan fingerprint density at radius 2 is 1.65 bits per heavy atom. The molecule has 1 heterocycles. The molecule has 1 aliphatic heterocycles. The van der Waals surface area contributed by atoms with Gasteiger partial charge in [0.2, 0.25) is 0 Å². The maximum absolute atomic E-state index is 12.2. The van der Waals surface area contributed by atoms with Gasteiger partial charge in [-0.05, 0) is 25.0 Å².